The number of thioether (sulfide) groups is 1. The normalized spacial score (nSPS) is 10.6. The number of nitrogens with zero attached hydrogens (tertiary/aromatic N) is 2. The summed E-state index contributed by atoms with van der Waals surface area (Å²) in [7, 11) is 1.87. The van der Waals surface area contributed by atoms with E-state index in [1.807, 2.05) is 13.1 Å². The third kappa shape index (κ3) is 4.21. The second-order valence-electron chi connectivity index (χ2n) is 4.23. The van der Waals surface area contributed by atoms with Crippen LogP contribution in [0.5, 0.6) is 0 Å². The van der Waals surface area contributed by atoms with Crippen LogP contribution in [0, 0.1) is 5.82 Å². The molecule has 19 heavy (non-hydrogen) atoms. The Kier molecular flexibility index (Phi) is 4.74. The van der Waals surface area contributed by atoms with Gasteiger partial charge in [-0.1, -0.05) is 0 Å². The van der Waals surface area contributed by atoms with Crippen molar-refractivity contribution < 1.29 is 9.18 Å². The summed E-state index contributed by atoms with van der Waals surface area (Å²) in [6, 6.07) is 8.11. The van der Waals surface area contributed by atoms with Gasteiger partial charge in [-0.05, 0) is 36.8 Å². The van der Waals surface area contributed by atoms with E-state index in [0.29, 0.717) is 18.6 Å². The van der Waals surface area contributed by atoms with Crippen molar-refractivity contribution in [2.45, 2.75) is 17.7 Å². The van der Waals surface area contributed by atoms with Crippen LogP contribution in [-0.4, -0.2) is 21.3 Å². The monoisotopic (exact) mass is 278 g/mol. The van der Waals surface area contributed by atoms with Crippen LogP contribution in [0.15, 0.2) is 41.4 Å². The highest BCUT2D eigenvalue weighted by atomic mass is 32.2. The SMILES string of the molecule is Cn1nccc1CCC(=O)CSc1ccc(F)cc1. The minimum atomic E-state index is -0.258. The molecule has 0 aliphatic rings. The number of hydrogen-bond donors (Lipinski definition) is 0. The lowest BCUT2D eigenvalue weighted by Crippen LogP contribution is -2.06. The first-order chi connectivity index (χ1) is 9.15. The number of aromatic nitrogens is 2. The smallest absolute Gasteiger partial charge is 0.143 e. The van der Waals surface area contributed by atoms with Crippen molar-refractivity contribution in [1.29, 1.82) is 0 Å². The van der Waals surface area contributed by atoms with Crippen molar-refractivity contribution in [1.82, 2.24) is 9.78 Å². The van der Waals surface area contributed by atoms with Gasteiger partial charge in [0.2, 0.25) is 0 Å². The summed E-state index contributed by atoms with van der Waals surface area (Å²) < 4.78 is 14.5. The van der Waals surface area contributed by atoms with Gasteiger partial charge in [-0.3, -0.25) is 9.48 Å². The minimum Gasteiger partial charge on any atom is -0.299 e. The maximum absolute atomic E-state index is 12.7. The Morgan fingerprint density at radius 1 is 1.32 bits per heavy atom. The number of aryl methyl sites for hydroxylation is 2. The van der Waals surface area contributed by atoms with Crippen LogP contribution >= 0.6 is 11.8 Å². The van der Waals surface area contributed by atoms with Gasteiger partial charge in [-0.15, -0.1) is 11.8 Å². The molecule has 2 rings (SSSR count). The zero-order chi connectivity index (χ0) is 13.7. The van der Waals surface area contributed by atoms with E-state index in [-0.39, 0.29) is 11.6 Å². The Hall–Kier alpha value is -1.62. The summed E-state index contributed by atoms with van der Waals surface area (Å²) in [5.41, 5.74) is 1.06. The number of Topliss-reactive ketones (excluding diaryl/α,β-unsaturated/α-hetero) is 1. The molecule has 0 bridgehead atoms. The fraction of sp³-hybridized carbons (Fsp3) is 0.286. The summed E-state index contributed by atoms with van der Waals surface area (Å²) in [6.07, 6.45) is 2.94. The first-order valence-electron chi connectivity index (χ1n) is 6.02. The molecule has 100 valence electrons. The Balaban J connectivity index is 1.76. The molecule has 1 aromatic heterocycles. The third-order valence-electron chi connectivity index (χ3n) is 2.80. The van der Waals surface area contributed by atoms with Gasteiger partial charge in [0.05, 0.1) is 5.75 Å². The summed E-state index contributed by atoms with van der Waals surface area (Å²) >= 11 is 1.44. The van der Waals surface area contributed by atoms with Crippen molar-refractivity contribution in [3.05, 3.63) is 48.0 Å². The minimum absolute atomic E-state index is 0.190. The standard InChI is InChI=1S/C14H15FN2OS/c1-17-12(8-9-16-17)4-5-13(18)10-19-14-6-2-11(15)3-7-14/h2-3,6-9H,4-5,10H2,1H3. The lowest BCUT2D eigenvalue weighted by Gasteiger charge is -2.02. The molecule has 0 radical (unpaired) electrons. The van der Waals surface area contributed by atoms with E-state index in [1.54, 1.807) is 23.0 Å². The number of ketones is 1. The number of rotatable bonds is 6. The zero-order valence-corrected chi connectivity index (χ0v) is 11.5. The summed E-state index contributed by atoms with van der Waals surface area (Å²) in [4.78, 5) is 12.7. The quantitative estimate of drug-likeness (QED) is 0.762. The summed E-state index contributed by atoms with van der Waals surface area (Å²) in [5, 5.41) is 4.06. The van der Waals surface area contributed by atoms with Crippen molar-refractivity contribution in [2.75, 3.05) is 5.75 Å². The first kappa shape index (κ1) is 13.8. The third-order valence-corrected chi connectivity index (χ3v) is 3.87. The van der Waals surface area contributed by atoms with Crippen LogP contribution in [0.4, 0.5) is 4.39 Å². The highest BCUT2D eigenvalue weighted by Crippen LogP contribution is 2.18. The highest BCUT2D eigenvalue weighted by molar-refractivity contribution is 8.00. The van der Waals surface area contributed by atoms with Crippen molar-refractivity contribution in [2.24, 2.45) is 7.05 Å². The van der Waals surface area contributed by atoms with Gasteiger partial charge in [0.15, 0.2) is 0 Å². The predicted molar refractivity (Wildman–Crippen MR) is 73.7 cm³/mol. The Morgan fingerprint density at radius 2 is 2.05 bits per heavy atom. The van der Waals surface area contributed by atoms with Crippen LogP contribution in [0.25, 0.3) is 0 Å². The van der Waals surface area contributed by atoms with Crippen LogP contribution < -0.4 is 0 Å². The lowest BCUT2D eigenvalue weighted by atomic mass is 10.2. The Morgan fingerprint density at radius 3 is 2.68 bits per heavy atom. The topological polar surface area (TPSA) is 34.9 Å². The van der Waals surface area contributed by atoms with Gasteiger partial charge in [0.1, 0.15) is 11.6 Å². The summed E-state index contributed by atoms with van der Waals surface area (Å²) in [5.74, 6) is 0.353. The number of hydrogen-bond acceptors (Lipinski definition) is 3. The second-order valence-corrected chi connectivity index (χ2v) is 5.28. The average molecular weight is 278 g/mol. The molecule has 0 N–H and O–H groups in total. The molecule has 0 saturated carbocycles. The van der Waals surface area contributed by atoms with E-state index >= 15 is 0 Å². The van der Waals surface area contributed by atoms with E-state index in [2.05, 4.69) is 5.10 Å². The van der Waals surface area contributed by atoms with Crippen molar-refractivity contribution >= 4 is 17.5 Å². The molecule has 2 aromatic rings. The Bertz CT molecular complexity index is 551. The van der Waals surface area contributed by atoms with Crippen LogP contribution in [0.2, 0.25) is 0 Å². The molecule has 0 saturated heterocycles. The molecular weight excluding hydrogens is 263 g/mol. The van der Waals surface area contributed by atoms with E-state index < -0.39 is 0 Å². The fourth-order valence-corrected chi connectivity index (χ4v) is 2.48. The van der Waals surface area contributed by atoms with Gasteiger partial charge in [-0.2, -0.15) is 5.10 Å². The van der Waals surface area contributed by atoms with E-state index in [9.17, 15) is 9.18 Å². The molecule has 0 fully saturated rings. The number of carbonyl (C=O) groups is 1. The maximum Gasteiger partial charge on any atom is 0.143 e. The first-order valence-corrected chi connectivity index (χ1v) is 7.00. The molecule has 0 amide bonds. The molecular formula is C14H15FN2OS. The van der Waals surface area contributed by atoms with Crippen molar-refractivity contribution in [3.63, 3.8) is 0 Å². The molecule has 0 aliphatic carbocycles. The van der Waals surface area contributed by atoms with Gasteiger partial charge in [0.25, 0.3) is 0 Å². The summed E-state index contributed by atoms with van der Waals surface area (Å²) in [6.45, 7) is 0. The molecule has 3 nitrogen and oxygen atoms in total. The van der Waals surface area contributed by atoms with Crippen LogP contribution in [-0.2, 0) is 18.3 Å². The number of halogens is 1. The van der Waals surface area contributed by atoms with Gasteiger partial charge in [-0.25, -0.2) is 4.39 Å². The molecule has 0 spiro atoms. The highest BCUT2D eigenvalue weighted by Gasteiger charge is 2.06. The van der Waals surface area contributed by atoms with Crippen molar-refractivity contribution in [3.8, 4) is 0 Å². The zero-order valence-electron chi connectivity index (χ0n) is 10.7. The van der Waals surface area contributed by atoms with E-state index in [4.69, 9.17) is 0 Å². The molecule has 0 unspecified atom stereocenters. The van der Waals surface area contributed by atoms with E-state index in [1.165, 1.54) is 23.9 Å². The van der Waals surface area contributed by atoms with Crippen LogP contribution in [0.3, 0.4) is 0 Å². The molecule has 1 heterocycles. The second kappa shape index (κ2) is 6.52. The lowest BCUT2D eigenvalue weighted by molar-refractivity contribution is -0.116. The van der Waals surface area contributed by atoms with Crippen LogP contribution in [0.1, 0.15) is 12.1 Å². The Labute approximate surface area is 115 Å². The predicted octanol–water partition coefficient (Wildman–Crippen LogP) is 2.85. The molecule has 1 aromatic carbocycles. The molecule has 0 aliphatic heterocycles. The molecule has 0 atom stereocenters. The fourth-order valence-electron chi connectivity index (χ4n) is 1.68. The molecule has 5 heteroatoms. The van der Waals surface area contributed by atoms with Gasteiger partial charge >= 0.3 is 0 Å². The van der Waals surface area contributed by atoms with E-state index in [0.717, 1.165) is 10.6 Å². The number of benzene rings is 1. The largest absolute Gasteiger partial charge is 0.299 e. The van der Waals surface area contributed by atoms with Gasteiger partial charge < -0.3 is 0 Å². The number of carbonyl (C=O) groups excluding carboxylic acids is 1. The maximum atomic E-state index is 12.7. The average Bonchev–Trinajstić information content (AvgIpc) is 2.81. The van der Waals surface area contributed by atoms with Gasteiger partial charge in [0, 0.05) is 30.3 Å².